The molecule has 33 heavy (non-hydrogen) atoms. The van der Waals surface area contributed by atoms with E-state index in [1.807, 2.05) is 13.0 Å². The molecule has 4 N–H and O–H groups in total. The normalized spacial score (nSPS) is 39.8. The van der Waals surface area contributed by atoms with Crippen LogP contribution in [0.3, 0.4) is 0 Å². The summed E-state index contributed by atoms with van der Waals surface area (Å²) in [7, 11) is 0. The predicted octanol–water partition coefficient (Wildman–Crippen LogP) is 1.51. The van der Waals surface area contributed by atoms with E-state index in [2.05, 4.69) is 5.32 Å². The summed E-state index contributed by atoms with van der Waals surface area (Å²) in [5.74, 6) is -2.70. The smallest absolute Gasteiger partial charge is 0.322 e. The maximum absolute atomic E-state index is 13.5. The molecule has 0 aromatic carbocycles. The Hall–Kier alpha value is -2.55. The summed E-state index contributed by atoms with van der Waals surface area (Å²) in [5.41, 5.74) is -0.292. The predicted molar refractivity (Wildman–Crippen MR) is 123 cm³/mol. The third kappa shape index (κ3) is 6.50. The zero-order valence-electron chi connectivity index (χ0n) is 19.8. The first-order chi connectivity index (χ1) is 15.4. The number of Topliss-reactive ketones (excluding diaryl/α,β-unsaturated/α-hetero) is 1. The number of hydrogen-bond donors (Lipinski definition) is 4. The summed E-state index contributed by atoms with van der Waals surface area (Å²) in [6, 6.07) is -1.09. The zero-order chi connectivity index (χ0) is 24.9. The molecule has 0 aromatic rings. The van der Waals surface area contributed by atoms with Crippen molar-refractivity contribution in [1.29, 1.82) is 0 Å². The van der Waals surface area contributed by atoms with Crippen LogP contribution in [-0.2, 0) is 19.1 Å². The van der Waals surface area contributed by atoms with Crippen LogP contribution in [0.15, 0.2) is 47.6 Å². The molecule has 2 aliphatic heterocycles. The quantitative estimate of drug-likeness (QED) is 0.362. The highest BCUT2D eigenvalue weighted by Gasteiger charge is 2.56. The van der Waals surface area contributed by atoms with E-state index in [4.69, 9.17) is 4.74 Å². The number of amides is 1. The second kappa shape index (κ2) is 11.0. The third-order valence-corrected chi connectivity index (χ3v) is 6.21. The van der Waals surface area contributed by atoms with Crippen LogP contribution in [0.1, 0.15) is 47.5 Å². The second-order valence-electron chi connectivity index (χ2n) is 9.14. The number of aliphatic hydroxyl groups is 3. The molecule has 2 bridgehead atoms. The molecule has 1 amide bonds. The van der Waals surface area contributed by atoms with Crippen LogP contribution in [0.4, 0.5) is 0 Å². The van der Waals surface area contributed by atoms with Gasteiger partial charge in [-0.3, -0.25) is 14.4 Å². The molecule has 0 unspecified atom stereocenters. The molecule has 0 saturated carbocycles. The van der Waals surface area contributed by atoms with Crippen LogP contribution in [0.25, 0.3) is 0 Å². The van der Waals surface area contributed by atoms with Gasteiger partial charge < -0.3 is 25.4 Å². The fourth-order valence-electron chi connectivity index (χ4n) is 3.88. The molecule has 2 heterocycles. The largest absolute Gasteiger partial charge is 0.461 e. The fraction of sp³-hybridized carbons (Fsp3) is 0.560. The van der Waals surface area contributed by atoms with Gasteiger partial charge in [-0.15, -0.1) is 0 Å². The van der Waals surface area contributed by atoms with Gasteiger partial charge in [-0.2, -0.15) is 0 Å². The summed E-state index contributed by atoms with van der Waals surface area (Å²) in [5, 5.41) is 32.9. The Morgan fingerprint density at radius 2 is 1.76 bits per heavy atom. The lowest BCUT2D eigenvalue weighted by atomic mass is 9.69. The van der Waals surface area contributed by atoms with Gasteiger partial charge in [-0.05, 0) is 34.1 Å². The maximum atomic E-state index is 13.5. The number of nitrogens with one attached hydrogen (secondary N) is 1. The van der Waals surface area contributed by atoms with Crippen molar-refractivity contribution in [3.8, 4) is 0 Å². The molecule has 8 heteroatoms. The lowest BCUT2D eigenvalue weighted by Crippen LogP contribution is -2.61. The SMILES string of the molecule is CC1=C\C[C@H](O)/C=C/C(C)=C/[C@@H](NC(=O)[C@H](C)O)[C@]2(C)C(=O)O[C@H](C[C@H](O)\C=C\1)[C@@H](C)C2=O. The van der Waals surface area contributed by atoms with E-state index < -0.39 is 59.5 Å². The maximum Gasteiger partial charge on any atom is 0.322 e. The van der Waals surface area contributed by atoms with E-state index in [1.165, 1.54) is 13.8 Å². The van der Waals surface area contributed by atoms with E-state index >= 15 is 0 Å². The number of rotatable bonds is 2. The van der Waals surface area contributed by atoms with Crippen molar-refractivity contribution < 1.29 is 34.4 Å². The molecule has 1 aliphatic carbocycles. The summed E-state index contributed by atoms with van der Waals surface area (Å²) in [4.78, 5) is 38.9. The van der Waals surface area contributed by atoms with Crippen molar-refractivity contribution in [2.24, 2.45) is 11.3 Å². The Morgan fingerprint density at radius 3 is 2.39 bits per heavy atom. The van der Waals surface area contributed by atoms with Crippen molar-refractivity contribution in [3.63, 3.8) is 0 Å². The molecule has 8 nitrogen and oxygen atoms in total. The van der Waals surface area contributed by atoms with Crippen LogP contribution in [0, 0.1) is 11.3 Å². The van der Waals surface area contributed by atoms with Crippen LogP contribution >= 0.6 is 0 Å². The summed E-state index contributed by atoms with van der Waals surface area (Å²) < 4.78 is 5.61. The number of carbonyl (C=O) groups is 3. The number of aliphatic hydroxyl groups excluding tert-OH is 3. The first-order valence-electron chi connectivity index (χ1n) is 11.2. The lowest BCUT2D eigenvalue weighted by Gasteiger charge is -2.42. The topological polar surface area (TPSA) is 133 Å². The Kier molecular flexibility index (Phi) is 8.94. The molecule has 182 valence electrons. The Bertz CT molecular complexity index is 885. The number of carbonyl (C=O) groups excluding carboxylic acids is 3. The summed E-state index contributed by atoms with van der Waals surface area (Å²) in [6.45, 7) is 7.89. The van der Waals surface area contributed by atoms with Gasteiger partial charge in [-0.1, -0.05) is 54.5 Å². The van der Waals surface area contributed by atoms with Gasteiger partial charge >= 0.3 is 5.97 Å². The first kappa shape index (κ1) is 26.7. The van der Waals surface area contributed by atoms with E-state index in [1.54, 1.807) is 44.2 Å². The zero-order valence-corrected chi connectivity index (χ0v) is 19.8. The number of allylic oxidation sites excluding steroid dienone is 4. The van der Waals surface area contributed by atoms with Gasteiger partial charge in [0.05, 0.1) is 24.2 Å². The van der Waals surface area contributed by atoms with Crippen LogP contribution in [0.5, 0.6) is 0 Å². The molecule has 1 fully saturated rings. The Morgan fingerprint density at radius 1 is 1.15 bits per heavy atom. The van der Waals surface area contributed by atoms with Crippen molar-refractivity contribution in [2.75, 3.05) is 0 Å². The van der Waals surface area contributed by atoms with Gasteiger partial charge in [0.25, 0.3) is 0 Å². The molecule has 0 spiro atoms. The second-order valence-corrected chi connectivity index (χ2v) is 9.14. The number of ether oxygens (including phenoxy) is 1. The van der Waals surface area contributed by atoms with Crippen molar-refractivity contribution in [2.45, 2.75) is 77.9 Å². The molecule has 1 saturated heterocycles. The molecule has 3 aliphatic rings. The van der Waals surface area contributed by atoms with Crippen LogP contribution in [-0.4, -0.2) is 63.4 Å². The number of hydrogen-bond acceptors (Lipinski definition) is 7. The molecule has 3 rings (SSSR count). The average Bonchev–Trinajstić information content (AvgIpc) is 2.75. The van der Waals surface area contributed by atoms with Crippen LogP contribution < -0.4 is 5.32 Å². The van der Waals surface area contributed by atoms with Gasteiger partial charge in [0.15, 0.2) is 5.78 Å². The van der Waals surface area contributed by atoms with E-state index in [9.17, 15) is 29.7 Å². The molecular weight excluding hydrogens is 426 g/mol. The Balaban J connectivity index is 2.56. The fourth-order valence-corrected chi connectivity index (χ4v) is 3.88. The number of fused-ring (bicyclic) bond motifs is 10. The molecule has 0 radical (unpaired) electrons. The van der Waals surface area contributed by atoms with Crippen LogP contribution in [0.2, 0.25) is 0 Å². The van der Waals surface area contributed by atoms with Gasteiger partial charge in [0, 0.05) is 6.42 Å². The van der Waals surface area contributed by atoms with Gasteiger partial charge in [-0.25, -0.2) is 0 Å². The Labute approximate surface area is 194 Å². The minimum atomic E-state index is -1.74. The monoisotopic (exact) mass is 461 g/mol. The van der Waals surface area contributed by atoms with E-state index in [-0.39, 0.29) is 6.42 Å². The minimum absolute atomic E-state index is 0.0439. The average molecular weight is 462 g/mol. The molecular formula is C25H35NO7. The van der Waals surface area contributed by atoms with Gasteiger partial charge in [0.2, 0.25) is 5.91 Å². The lowest BCUT2D eigenvalue weighted by molar-refractivity contribution is -0.181. The minimum Gasteiger partial charge on any atom is -0.461 e. The first-order valence-corrected chi connectivity index (χ1v) is 11.2. The summed E-state index contributed by atoms with van der Waals surface area (Å²) in [6.07, 6.45) is 6.38. The number of esters is 1. The van der Waals surface area contributed by atoms with E-state index in [0.717, 1.165) is 5.57 Å². The van der Waals surface area contributed by atoms with Gasteiger partial charge in [0.1, 0.15) is 17.6 Å². The highest BCUT2D eigenvalue weighted by atomic mass is 16.5. The highest BCUT2D eigenvalue weighted by molar-refractivity contribution is 6.08. The third-order valence-electron chi connectivity index (χ3n) is 6.21. The van der Waals surface area contributed by atoms with E-state index in [0.29, 0.717) is 12.0 Å². The standard InChI is InChI=1S/C25H35NO7/c1-14-6-9-18(28)10-8-15(2)12-21(26-23(31)17(4)27)25(5)22(30)16(3)20(33-24(25)32)13-19(29)11-7-14/h6-8,10-12,16-21,27-29H,9,13H2,1-5H3,(H,26,31)/b10-8+,11-7+,14-6+,15-12+/t16-,17+,18+,19-,20-,21-,25+/m1/s1. The highest BCUT2D eigenvalue weighted by Crippen LogP contribution is 2.38. The molecule has 0 aromatic heterocycles. The van der Waals surface area contributed by atoms with Crippen molar-refractivity contribution in [1.82, 2.24) is 5.32 Å². The van der Waals surface area contributed by atoms with Crippen molar-refractivity contribution >= 4 is 17.7 Å². The van der Waals surface area contributed by atoms with Crippen molar-refractivity contribution in [3.05, 3.63) is 47.6 Å². The molecule has 7 atom stereocenters. The number of ketones is 1. The summed E-state index contributed by atoms with van der Waals surface area (Å²) >= 11 is 0.